The molecule has 0 radical (unpaired) electrons. The second-order valence-electron chi connectivity index (χ2n) is 4.33. The summed E-state index contributed by atoms with van der Waals surface area (Å²) in [6.07, 6.45) is -0.674. The minimum Gasteiger partial charge on any atom is -0.496 e. The minimum atomic E-state index is -0.674. The van der Waals surface area contributed by atoms with Crippen LogP contribution in [0.2, 0.25) is 0 Å². The lowest BCUT2D eigenvalue weighted by Gasteiger charge is -2.17. The fourth-order valence-corrected chi connectivity index (χ4v) is 2.82. The summed E-state index contributed by atoms with van der Waals surface area (Å²) >= 11 is 1.47. The molecule has 0 spiro atoms. The lowest BCUT2D eigenvalue weighted by Crippen LogP contribution is -2.04. The Morgan fingerprint density at radius 3 is 2.56 bits per heavy atom. The largest absolute Gasteiger partial charge is 0.496 e. The molecule has 18 heavy (non-hydrogen) atoms. The first kappa shape index (κ1) is 13.1. The Kier molecular flexibility index (Phi) is 3.68. The van der Waals surface area contributed by atoms with Gasteiger partial charge in [-0.3, -0.25) is 0 Å². The van der Waals surface area contributed by atoms with E-state index < -0.39 is 6.10 Å². The zero-order valence-electron chi connectivity index (χ0n) is 11.0. The van der Waals surface area contributed by atoms with Crippen molar-refractivity contribution >= 4 is 11.3 Å². The van der Waals surface area contributed by atoms with Crippen molar-refractivity contribution < 1.29 is 9.84 Å². The van der Waals surface area contributed by atoms with Crippen LogP contribution in [-0.4, -0.2) is 17.2 Å². The molecule has 0 amide bonds. The molecule has 1 N–H and O–H groups in total. The summed E-state index contributed by atoms with van der Waals surface area (Å²) in [7, 11) is 1.64. The van der Waals surface area contributed by atoms with Crippen LogP contribution >= 0.6 is 11.3 Å². The van der Waals surface area contributed by atoms with Gasteiger partial charge in [0.1, 0.15) is 11.9 Å². The molecule has 0 aliphatic heterocycles. The van der Waals surface area contributed by atoms with Gasteiger partial charge in [-0.1, -0.05) is 12.1 Å². The summed E-state index contributed by atoms with van der Waals surface area (Å²) < 4.78 is 5.44. The average Bonchev–Trinajstić information content (AvgIpc) is 2.78. The standard InChI is InChI=1S/C14H17NO2S/c1-8-5-6-11(13(17-4)9(8)2)12(16)14-10(3)15-7-18-14/h5-7,12,16H,1-4H3. The summed E-state index contributed by atoms with van der Waals surface area (Å²) in [5, 5.41) is 10.5. The molecule has 0 aliphatic rings. The first-order valence-corrected chi connectivity index (χ1v) is 6.66. The Morgan fingerprint density at radius 2 is 2.00 bits per heavy atom. The Balaban J connectivity index is 2.52. The number of benzene rings is 1. The Bertz CT molecular complexity index is 563. The number of aryl methyl sites for hydroxylation is 2. The number of methoxy groups -OCH3 is 1. The molecule has 0 saturated carbocycles. The second kappa shape index (κ2) is 5.08. The molecule has 1 heterocycles. The number of aliphatic hydroxyl groups excluding tert-OH is 1. The zero-order chi connectivity index (χ0) is 13.3. The maximum Gasteiger partial charge on any atom is 0.128 e. The molecule has 1 atom stereocenters. The van der Waals surface area contributed by atoms with Crippen molar-refractivity contribution in [2.45, 2.75) is 26.9 Å². The first-order chi connectivity index (χ1) is 8.56. The number of aromatic nitrogens is 1. The van der Waals surface area contributed by atoms with Gasteiger partial charge in [0.25, 0.3) is 0 Å². The summed E-state index contributed by atoms with van der Waals surface area (Å²) in [6.45, 7) is 5.94. The monoisotopic (exact) mass is 263 g/mol. The van der Waals surface area contributed by atoms with Crippen LogP contribution < -0.4 is 4.74 Å². The molecule has 1 aromatic carbocycles. The number of ether oxygens (including phenoxy) is 1. The van der Waals surface area contributed by atoms with Crippen LogP contribution in [0.1, 0.15) is 33.4 Å². The molecule has 2 rings (SSSR count). The second-order valence-corrected chi connectivity index (χ2v) is 5.22. The lowest BCUT2D eigenvalue weighted by atomic mass is 9.99. The smallest absolute Gasteiger partial charge is 0.128 e. The van der Waals surface area contributed by atoms with E-state index in [9.17, 15) is 5.11 Å². The normalized spacial score (nSPS) is 12.5. The van der Waals surface area contributed by atoms with E-state index in [-0.39, 0.29) is 0 Å². The summed E-state index contributed by atoms with van der Waals surface area (Å²) in [6, 6.07) is 3.93. The lowest BCUT2D eigenvalue weighted by molar-refractivity contribution is 0.217. The van der Waals surface area contributed by atoms with Gasteiger partial charge in [0.2, 0.25) is 0 Å². The third-order valence-electron chi connectivity index (χ3n) is 3.24. The maximum absolute atomic E-state index is 10.5. The van der Waals surface area contributed by atoms with Crippen LogP contribution in [0.25, 0.3) is 0 Å². The highest BCUT2D eigenvalue weighted by molar-refractivity contribution is 7.09. The fraction of sp³-hybridized carbons (Fsp3) is 0.357. The molecule has 1 aromatic heterocycles. The van der Waals surface area contributed by atoms with Gasteiger partial charge in [0, 0.05) is 5.56 Å². The third-order valence-corrected chi connectivity index (χ3v) is 4.22. The van der Waals surface area contributed by atoms with Gasteiger partial charge < -0.3 is 9.84 Å². The van der Waals surface area contributed by atoms with E-state index in [0.29, 0.717) is 0 Å². The van der Waals surface area contributed by atoms with Gasteiger partial charge in [-0.15, -0.1) is 11.3 Å². The first-order valence-electron chi connectivity index (χ1n) is 5.78. The number of rotatable bonds is 3. The van der Waals surface area contributed by atoms with Crippen molar-refractivity contribution in [3.05, 3.63) is 44.9 Å². The van der Waals surface area contributed by atoms with Crippen LogP contribution in [0.4, 0.5) is 0 Å². The average molecular weight is 263 g/mol. The van der Waals surface area contributed by atoms with Gasteiger partial charge in [-0.05, 0) is 31.9 Å². The molecule has 4 heteroatoms. The predicted molar refractivity (Wildman–Crippen MR) is 73.4 cm³/mol. The van der Waals surface area contributed by atoms with E-state index in [4.69, 9.17) is 4.74 Å². The number of hydrogen-bond acceptors (Lipinski definition) is 4. The van der Waals surface area contributed by atoms with Crippen molar-refractivity contribution in [2.75, 3.05) is 7.11 Å². The van der Waals surface area contributed by atoms with Crippen LogP contribution in [-0.2, 0) is 0 Å². The van der Waals surface area contributed by atoms with Crippen LogP contribution in [0, 0.1) is 20.8 Å². The Labute approximate surface area is 111 Å². The molecule has 96 valence electrons. The molecule has 0 saturated heterocycles. The van der Waals surface area contributed by atoms with Crippen LogP contribution in [0.15, 0.2) is 17.6 Å². The summed E-state index contributed by atoms with van der Waals surface area (Å²) in [5.74, 6) is 0.760. The Morgan fingerprint density at radius 1 is 1.28 bits per heavy atom. The molecule has 0 aliphatic carbocycles. The van der Waals surface area contributed by atoms with Crippen molar-refractivity contribution in [1.29, 1.82) is 0 Å². The van der Waals surface area contributed by atoms with Crippen molar-refractivity contribution in [1.82, 2.24) is 4.98 Å². The summed E-state index contributed by atoms with van der Waals surface area (Å²) in [4.78, 5) is 5.05. The molecule has 3 nitrogen and oxygen atoms in total. The van der Waals surface area contributed by atoms with E-state index in [1.54, 1.807) is 12.6 Å². The van der Waals surface area contributed by atoms with Crippen molar-refractivity contribution in [2.24, 2.45) is 0 Å². The van der Waals surface area contributed by atoms with E-state index in [1.165, 1.54) is 11.3 Å². The molecular weight excluding hydrogens is 246 g/mol. The van der Waals surface area contributed by atoms with E-state index in [1.807, 2.05) is 32.9 Å². The predicted octanol–water partition coefficient (Wildman–Crippen LogP) is 3.16. The molecule has 1 unspecified atom stereocenters. The number of thiazole rings is 1. The van der Waals surface area contributed by atoms with Crippen molar-refractivity contribution in [3.8, 4) is 5.75 Å². The maximum atomic E-state index is 10.5. The van der Waals surface area contributed by atoms with Crippen LogP contribution in [0.3, 0.4) is 0 Å². The third kappa shape index (κ3) is 2.13. The van der Waals surface area contributed by atoms with Gasteiger partial charge in [0.05, 0.1) is 23.2 Å². The van der Waals surface area contributed by atoms with E-state index in [2.05, 4.69) is 4.98 Å². The molecular formula is C14H17NO2S. The number of aliphatic hydroxyl groups is 1. The highest BCUT2D eigenvalue weighted by atomic mass is 32.1. The highest BCUT2D eigenvalue weighted by Crippen LogP contribution is 2.36. The van der Waals surface area contributed by atoms with Crippen LogP contribution in [0.5, 0.6) is 5.75 Å². The molecule has 2 aromatic rings. The quantitative estimate of drug-likeness (QED) is 0.925. The Hall–Kier alpha value is -1.39. The summed E-state index contributed by atoms with van der Waals surface area (Å²) in [5.41, 5.74) is 5.64. The molecule has 0 bridgehead atoms. The van der Waals surface area contributed by atoms with Gasteiger partial charge in [0.15, 0.2) is 0 Å². The number of nitrogens with zero attached hydrogens (tertiary/aromatic N) is 1. The topological polar surface area (TPSA) is 42.4 Å². The number of hydrogen-bond donors (Lipinski definition) is 1. The molecule has 0 fully saturated rings. The van der Waals surface area contributed by atoms with Gasteiger partial charge in [-0.2, -0.15) is 0 Å². The fourth-order valence-electron chi connectivity index (χ4n) is 2.01. The van der Waals surface area contributed by atoms with E-state index in [0.717, 1.165) is 33.0 Å². The van der Waals surface area contributed by atoms with Crippen molar-refractivity contribution in [3.63, 3.8) is 0 Å². The van der Waals surface area contributed by atoms with E-state index >= 15 is 0 Å². The highest BCUT2D eigenvalue weighted by Gasteiger charge is 2.20. The van der Waals surface area contributed by atoms with Gasteiger partial charge >= 0.3 is 0 Å². The SMILES string of the molecule is COc1c(C(O)c2scnc2C)ccc(C)c1C. The minimum absolute atomic E-state index is 0.674. The van der Waals surface area contributed by atoms with Gasteiger partial charge in [-0.25, -0.2) is 4.98 Å². The zero-order valence-corrected chi connectivity index (χ0v) is 11.8.